The first kappa shape index (κ1) is 20.4. The van der Waals surface area contributed by atoms with E-state index in [4.69, 9.17) is 13.9 Å². The maximum absolute atomic E-state index is 12.7. The third-order valence-corrected chi connectivity index (χ3v) is 4.24. The smallest absolute Gasteiger partial charge is 0.355 e. The highest BCUT2D eigenvalue weighted by molar-refractivity contribution is 5.99. The van der Waals surface area contributed by atoms with Crippen molar-refractivity contribution in [1.82, 2.24) is 9.97 Å². The molecular formula is C21H25N3O5. The van der Waals surface area contributed by atoms with E-state index in [1.54, 1.807) is 20.8 Å². The molecule has 0 unspecified atom stereocenters. The molecule has 1 aromatic carbocycles. The fourth-order valence-corrected chi connectivity index (χ4v) is 3.05. The summed E-state index contributed by atoms with van der Waals surface area (Å²) in [5, 5.41) is 3.05. The van der Waals surface area contributed by atoms with Crippen LogP contribution < -0.4 is 5.32 Å². The van der Waals surface area contributed by atoms with Gasteiger partial charge in [0.1, 0.15) is 16.8 Å². The van der Waals surface area contributed by atoms with Crippen LogP contribution in [0.15, 0.2) is 28.7 Å². The van der Waals surface area contributed by atoms with Gasteiger partial charge in [-0.05, 0) is 44.9 Å². The normalized spacial score (nSPS) is 11.5. The molecule has 2 N–H and O–H groups in total. The van der Waals surface area contributed by atoms with Crippen molar-refractivity contribution in [3.8, 4) is 0 Å². The quantitative estimate of drug-likeness (QED) is 0.602. The first-order chi connectivity index (χ1) is 13.7. The third kappa shape index (κ3) is 4.42. The molecule has 3 rings (SSSR count). The zero-order valence-electron chi connectivity index (χ0n) is 17.2. The van der Waals surface area contributed by atoms with Crippen LogP contribution in [0, 0.1) is 0 Å². The van der Waals surface area contributed by atoms with Gasteiger partial charge < -0.3 is 24.2 Å². The van der Waals surface area contributed by atoms with Crippen molar-refractivity contribution in [3.63, 3.8) is 0 Å². The molecule has 0 bridgehead atoms. The van der Waals surface area contributed by atoms with Gasteiger partial charge in [-0.1, -0.05) is 19.1 Å². The van der Waals surface area contributed by atoms with Gasteiger partial charge in [0.05, 0.1) is 19.2 Å². The summed E-state index contributed by atoms with van der Waals surface area (Å²) < 4.78 is 16.1. The number of benzene rings is 1. The molecule has 8 nitrogen and oxygen atoms in total. The van der Waals surface area contributed by atoms with Gasteiger partial charge in [-0.3, -0.25) is 0 Å². The fourth-order valence-electron chi connectivity index (χ4n) is 3.05. The number of carbonyl (C=O) groups is 2. The average molecular weight is 399 g/mol. The Morgan fingerprint density at radius 2 is 1.93 bits per heavy atom. The van der Waals surface area contributed by atoms with E-state index in [1.165, 1.54) is 7.11 Å². The summed E-state index contributed by atoms with van der Waals surface area (Å²) in [6.07, 6.45) is 0.457. The predicted molar refractivity (Wildman–Crippen MR) is 108 cm³/mol. The number of rotatable bonds is 6. The molecule has 0 aliphatic rings. The fraction of sp³-hybridized carbons (Fsp3) is 0.381. The van der Waals surface area contributed by atoms with Crippen molar-refractivity contribution in [2.45, 2.75) is 46.3 Å². The van der Waals surface area contributed by atoms with Crippen molar-refractivity contribution in [2.24, 2.45) is 0 Å². The molecule has 154 valence electrons. The van der Waals surface area contributed by atoms with Crippen molar-refractivity contribution >= 4 is 29.1 Å². The molecule has 0 spiro atoms. The maximum Gasteiger partial charge on any atom is 0.355 e. The number of esters is 2. The first-order valence-corrected chi connectivity index (χ1v) is 9.38. The standard InChI is InChI=1S/C21H25N3O5/c1-6-12-16(18(25)27-5)14(23-17(12)19(26)29-21(2,3)4)11-22-20-24-13-9-7-8-10-15(13)28-20/h7-10,23H,6,11H2,1-5H3,(H,22,24). The summed E-state index contributed by atoms with van der Waals surface area (Å²) in [4.78, 5) is 32.5. The predicted octanol–water partition coefficient (Wildman–Crippen LogP) is 4.07. The van der Waals surface area contributed by atoms with E-state index in [9.17, 15) is 9.59 Å². The van der Waals surface area contributed by atoms with E-state index in [1.807, 2.05) is 31.2 Å². The molecule has 2 aromatic heterocycles. The van der Waals surface area contributed by atoms with E-state index in [0.717, 1.165) is 5.52 Å². The molecule has 0 saturated heterocycles. The monoisotopic (exact) mass is 399 g/mol. The Morgan fingerprint density at radius 1 is 1.21 bits per heavy atom. The molecule has 0 amide bonds. The molecule has 0 fully saturated rings. The number of anilines is 1. The number of fused-ring (bicyclic) bond motifs is 1. The van der Waals surface area contributed by atoms with Gasteiger partial charge in [-0.25, -0.2) is 9.59 Å². The minimum atomic E-state index is -0.657. The number of carbonyl (C=O) groups excluding carboxylic acids is 2. The molecule has 0 aliphatic carbocycles. The Morgan fingerprint density at radius 3 is 2.55 bits per heavy atom. The summed E-state index contributed by atoms with van der Waals surface area (Å²) in [5.41, 5.74) is 2.33. The van der Waals surface area contributed by atoms with Crippen LogP contribution >= 0.6 is 0 Å². The Hall–Kier alpha value is -3.29. The second kappa shape index (κ2) is 7.98. The number of aromatic amines is 1. The Bertz CT molecular complexity index is 1010. The van der Waals surface area contributed by atoms with Crippen LogP contribution in [-0.4, -0.2) is 34.6 Å². The number of nitrogens with one attached hydrogen (secondary N) is 2. The van der Waals surface area contributed by atoms with E-state index in [2.05, 4.69) is 15.3 Å². The topological polar surface area (TPSA) is 106 Å². The molecule has 2 heterocycles. The number of methoxy groups -OCH3 is 1. The van der Waals surface area contributed by atoms with E-state index in [-0.39, 0.29) is 12.2 Å². The molecule has 29 heavy (non-hydrogen) atoms. The van der Waals surface area contributed by atoms with Gasteiger partial charge in [0.15, 0.2) is 5.58 Å². The Labute approximate surface area is 168 Å². The first-order valence-electron chi connectivity index (χ1n) is 9.38. The van der Waals surface area contributed by atoms with Gasteiger partial charge in [0.2, 0.25) is 0 Å². The Balaban J connectivity index is 1.93. The maximum atomic E-state index is 12.7. The van der Waals surface area contributed by atoms with Gasteiger partial charge >= 0.3 is 11.9 Å². The van der Waals surface area contributed by atoms with E-state index >= 15 is 0 Å². The van der Waals surface area contributed by atoms with Crippen LogP contribution in [0.5, 0.6) is 0 Å². The zero-order chi connectivity index (χ0) is 21.2. The summed E-state index contributed by atoms with van der Waals surface area (Å²) in [5.74, 6) is -1.05. The second-order valence-corrected chi connectivity index (χ2v) is 7.52. The lowest BCUT2D eigenvalue weighted by Crippen LogP contribution is -2.24. The molecule has 0 radical (unpaired) electrons. The molecule has 0 aliphatic heterocycles. The lowest BCUT2D eigenvalue weighted by atomic mass is 10.1. The lowest BCUT2D eigenvalue weighted by Gasteiger charge is -2.19. The molecular weight excluding hydrogens is 374 g/mol. The summed E-state index contributed by atoms with van der Waals surface area (Å²) >= 11 is 0. The summed E-state index contributed by atoms with van der Waals surface area (Å²) in [6.45, 7) is 7.41. The summed E-state index contributed by atoms with van der Waals surface area (Å²) in [7, 11) is 1.31. The van der Waals surface area contributed by atoms with Crippen LogP contribution in [0.4, 0.5) is 6.01 Å². The highest BCUT2D eigenvalue weighted by atomic mass is 16.6. The van der Waals surface area contributed by atoms with Crippen molar-refractivity contribution < 1.29 is 23.5 Å². The number of ether oxygens (including phenoxy) is 2. The Kier molecular flexibility index (Phi) is 5.63. The molecule has 0 saturated carbocycles. The molecule has 3 aromatic rings. The second-order valence-electron chi connectivity index (χ2n) is 7.52. The van der Waals surface area contributed by atoms with Gasteiger partial charge in [-0.2, -0.15) is 4.98 Å². The van der Waals surface area contributed by atoms with Crippen molar-refractivity contribution in [2.75, 3.05) is 12.4 Å². The van der Waals surface area contributed by atoms with Gasteiger partial charge in [0.25, 0.3) is 6.01 Å². The number of hydrogen-bond donors (Lipinski definition) is 2. The van der Waals surface area contributed by atoms with Crippen LogP contribution in [-0.2, 0) is 22.4 Å². The lowest BCUT2D eigenvalue weighted by molar-refractivity contribution is 0.00622. The van der Waals surface area contributed by atoms with E-state index < -0.39 is 17.5 Å². The largest absolute Gasteiger partial charge is 0.465 e. The molecule has 0 atom stereocenters. The highest BCUT2D eigenvalue weighted by Crippen LogP contribution is 2.25. The molecule has 8 heteroatoms. The minimum absolute atomic E-state index is 0.188. The average Bonchev–Trinajstić information content (AvgIpc) is 3.24. The summed E-state index contributed by atoms with van der Waals surface area (Å²) in [6, 6.07) is 7.70. The number of oxazole rings is 1. The van der Waals surface area contributed by atoms with Crippen molar-refractivity contribution in [1.29, 1.82) is 0 Å². The highest BCUT2D eigenvalue weighted by Gasteiger charge is 2.29. The van der Waals surface area contributed by atoms with Gasteiger partial charge in [-0.15, -0.1) is 0 Å². The van der Waals surface area contributed by atoms with Crippen LogP contribution in [0.3, 0.4) is 0 Å². The number of H-pyrrole nitrogens is 1. The van der Waals surface area contributed by atoms with Crippen molar-refractivity contribution in [3.05, 3.63) is 46.8 Å². The van der Waals surface area contributed by atoms with E-state index in [0.29, 0.717) is 34.8 Å². The van der Waals surface area contributed by atoms with Crippen LogP contribution in [0.1, 0.15) is 59.8 Å². The van der Waals surface area contributed by atoms with Crippen LogP contribution in [0.25, 0.3) is 11.1 Å². The number of hydrogen-bond acceptors (Lipinski definition) is 7. The third-order valence-electron chi connectivity index (χ3n) is 4.24. The minimum Gasteiger partial charge on any atom is -0.465 e. The van der Waals surface area contributed by atoms with Crippen LogP contribution in [0.2, 0.25) is 0 Å². The number of para-hydroxylation sites is 2. The zero-order valence-corrected chi connectivity index (χ0v) is 17.2. The van der Waals surface area contributed by atoms with Gasteiger partial charge in [0, 0.05) is 5.69 Å². The number of nitrogens with zero attached hydrogens (tertiary/aromatic N) is 1. The number of aromatic nitrogens is 2. The SMILES string of the molecule is CCc1c(C(=O)OC(C)(C)C)[nH]c(CNc2nc3ccccc3o2)c1C(=O)OC.